The number of pyridine rings is 1. The lowest BCUT2D eigenvalue weighted by Crippen LogP contribution is -2.33. The molecule has 4 rings (SSSR count). The van der Waals surface area contributed by atoms with Crippen LogP contribution in [0.2, 0.25) is 0 Å². The largest absolute Gasteiger partial charge is 0.442 e. The molecule has 3 heterocycles. The molecule has 11 nitrogen and oxygen atoms in total. The quantitative estimate of drug-likeness (QED) is 0.454. The van der Waals surface area contributed by atoms with Crippen LogP contribution >= 0.6 is 0 Å². The van der Waals surface area contributed by atoms with Gasteiger partial charge in [-0.1, -0.05) is 19.9 Å². The molecular formula is C24H29FN8O3. The molecule has 1 aliphatic rings. The Balaban J connectivity index is 1.42. The van der Waals surface area contributed by atoms with Gasteiger partial charge >= 0.3 is 6.09 Å². The molecule has 1 aliphatic heterocycles. The van der Waals surface area contributed by atoms with Crippen molar-refractivity contribution in [1.29, 1.82) is 0 Å². The van der Waals surface area contributed by atoms with E-state index >= 15 is 0 Å². The van der Waals surface area contributed by atoms with Gasteiger partial charge in [-0.15, -0.1) is 10.2 Å². The SMILES string of the molecule is CCN(CC)CCn1nnc(-c2ccc(-c3ccc(N4C[C@H](CNC(C)=O)OC4=O)cc3F)cn2)n1. The van der Waals surface area contributed by atoms with Crippen molar-refractivity contribution in [2.45, 2.75) is 33.4 Å². The van der Waals surface area contributed by atoms with Gasteiger partial charge in [-0.2, -0.15) is 4.80 Å². The van der Waals surface area contributed by atoms with Crippen LogP contribution in [-0.4, -0.2) is 80.9 Å². The van der Waals surface area contributed by atoms with Gasteiger partial charge in [0, 0.05) is 30.8 Å². The minimum absolute atomic E-state index is 0.203. The highest BCUT2D eigenvalue weighted by atomic mass is 19.1. The van der Waals surface area contributed by atoms with Crippen molar-refractivity contribution < 1.29 is 18.7 Å². The monoisotopic (exact) mass is 496 g/mol. The van der Waals surface area contributed by atoms with E-state index in [2.05, 4.69) is 44.5 Å². The summed E-state index contributed by atoms with van der Waals surface area (Å²) in [5.74, 6) is -0.311. The van der Waals surface area contributed by atoms with Crippen LogP contribution in [0.25, 0.3) is 22.6 Å². The van der Waals surface area contributed by atoms with E-state index in [1.165, 1.54) is 17.9 Å². The number of aromatic nitrogens is 5. The Labute approximate surface area is 208 Å². The second kappa shape index (κ2) is 11.2. The second-order valence-corrected chi connectivity index (χ2v) is 8.39. The molecule has 3 aromatic rings. The van der Waals surface area contributed by atoms with E-state index in [9.17, 15) is 14.0 Å². The first-order valence-corrected chi connectivity index (χ1v) is 11.9. The highest BCUT2D eigenvalue weighted by Gasteiger charge is 2.32. The summed E-state index contributed by atoms with van der Waals surface area (Å²) in [7, 11) is 0. The summed E-state index contributed by atoms with van der Waals surface area (Å²) in [4.78, 5) is 32.9. The van der Waals surface area contributed by atoms with Crippen LogP contribution in [0.15, 0.2) is 36.5 Å². The number of hydrogen-bond donors (Lipinski definition) is 1. The van der Waals surface area contributed by atoms with Crippen LogP contribution in [0.3, 0.4) is 0 Å². The number of benzene rings is 1. The Morgan fingerprint density at radius 1 is 1.25 bits per heavy atom. The third-order valence-corrected chi connectivity index (χ3v) is 5.98. The number of carbonyl (C=O) groups excluding carboxylic acids is 2. The molecule has 1 atom stereocenters. The van der Waals surface area contributed by atoms with E-state index in [-0.39, 0.29) is 19.0 Å². The fourth-order valence-electron chi connectivity index (χ4n) is 3.90. The number of ether oxygens (including phenoxy) is 1. The lowest BCUT2D eigenvalue weighted by atomic mass is 10.1. The van der Waals surface area contributed by atoms with Gasteiger partial charge in [0.1, 0.15) is 17.6 Å². The first kappa shape index (κ1) is 25.2. The Kier molecular flexibility index (Phi) is 7.84. The van der Waals surface area contributed by atoms with Crippen molar-refractivity contribution in [1.82, 2.24) is 35.4 Å². The molecule has 1 N–H and O–H groups in total. The van der Waals surface area contributed by atoms with Crippen LogP contribution < -0.4 is 10.2 Å². The first-order chi connectivity index (χ1) is 17.4. The Hall–Kier alpha value is -3.93. The number of amides is 2. The molecule has 0 radical (unpaired) electrons. The molecule has 1 aromatic carbocycles. The Bertz CT molecular complexity index is 1210. The third kappa shape index (κ3) is 5.82. The lowest BCUT2D eigenvalue weighted by molar-refractivity contribution is -0.119. The zero-order valence-corrected chi connectivity index (χ0v) is 20.5. The molecule has 0 unspecified atom stereocenters. The molecule has 190 valence electrons. The smallest absolute Gasteiger partial charge is 0.414 e. The summed E-state index contributed by atoms with van der Waals surface area (Å²) in [5.41, 5.74) is 1.83. The van der Waals surface area contributed by atoms with E-state index < -0.39 is 18.0 Å². The number of rotatable bonds is 10. The molecule has 1 saturated heterocycles. The standard InChI is InChI=1S/C24H29FN8O3/c1-4-31(5-2)10-11-33-29-23(28-30-33)22-9-6-17(13-27-22)20-8-7-18(12-21(20)25)32-15-19(36-24(32)35)14-26-16(3)34/h6-9,12-13,19H,4-5,10-11,14-15H2,1-3H3,(H,26,34)/t19-/m0/s1. The number of cyclic esters (lactones) is 1. The molecular weight excluding hydrogens is 467 g/mol. The van der Waals surface area contributed by atoms with Gasteiger partial charge < -0.3 is 15.0 Å². The Morgan fingerprint density at radius 2 is 2.06 bits per heavy atom. The van der Waals surface area contributed by atoms with Crippen molar-refractivity contribution in [3.63, 3.8) is 0 Å². The van der Waals surface area contributed by atoms with Gasteiger partial charge in [0.25, 0.3) is 0 Å². The number of carbonyl (C=O) groups is 2. The first-order valence-electron chi connectivity index (χ1n) is 11.9. The van der Waals surface area contributed by atoms with E-state index in [1.807, 2.05) is 0 Å². The topological polar surface area (TPSA) is 118 Å². The maximum atomic E-state index is 15.0. The summed E-state index contributed by atoms with van der Waals surface area (Å²) in [6.45, 7) is 9.40. The summed E-state index contributed by atoms with van der Waals surface area (Å²) in [6.07, 6.45) is 0.475. The van der Waals surface area contributed by atoms with Crippen LogP contribution in [0.5, 0.6) is 0 Å². The molecule has 2 amide bonds. The summed E-state index contributed by atoms with van der Waals surface area (Å²) in [5, 5.41) is 15.2. The van der Waals surface area contributed by atoms with Gasteiger partial charge in [-0.3, -0.25) is 14.7 Å². The predicted molar refractivity (Wildman–Crippen MR) is 131 cm³/mol. The number of anilines is 1. The van der Waals surface area contributed by atoms with Crippen molar-refractivity contribution in [3.8, 4) is 22.6 Å². The second-order valence-electron chi connectivity index (χ2n) is 8.39. The number of nitrogens with zero attached hydrogens (tertiary/aromatic N) is 7. The minimum Gasteiger partial charge on any atom is -0.442 e. The lowest BCUT2D eigenvalue weighted by Gasteiger charge is -2.16. The number of tetrazole rings is 1. The van der Waals surface area contributed by atoms with Crippen LogP contribution in [-0.2, 0) is 16.1 Å². The van der Waals surface area contributed by atoms with E-state index in [0.29, 0.717) is 34.9 Å². The highest BCUT2D eigenvalue weighted by Crippen LogP contribution is 2.29. The maximum Gasteiger partial charge on any atom is 0.414 e. The molecule has 36 heavy (non-hydrogen) atoms. The van der Waals surface area contributed by atoms with Crippen molar-refractivity contribution in [2.75, 3.05) is 37.6 Å². The molecule has 0 spiro atoms. The maximum absolute atomic E-state index is 15.0. The zero-order chi connectivity index (χ0) is 25.7. The van der Waals surface area contributed by atoms with E-state index in [4.69, 9.17) is 4.74 Å². The van der Waals surface area contributed by atoms with E-state index in [0.717, 1.165) is 19.6 Å². The summed E-state index contributed by atoms with van der Waals surface area (Å²) in [6, 6.07) is 7.99. The number of hydrogen-bond acceptors (Lipinski definition) is 8. The van der Waals surface area contributed by atoms with Gasteiger partial charge in [0.15, 0.2) is 0 Å². The fourth-order valence-corrected chi connectivity index (χ4v) is 3.90. The number of nitrogens with one attached hydrogen (secondary N) is 1. The van der Waals surface area contributed by atoms with Crippen LogP contribution in [0.1, 0.15) is 20.8 Å². The molecule has 0 bridgehead atoms. The zero-order valence-electron chi connectivity index (χ0n) is 20.5. The minimum atomic E-state index is -0.582. The molecule has 0 aliphatic carbocycles. The van der Waals surface area contributed by atoms with Crippen molar-refractivity contribution in [3.05, 3.63) is 42.3 Å². The Morgan fingerprint density at radius 3 is 2.72 bits per heavy atom. The number of likely N-dealkylation sites (N-methyl/N-ethyl adjacent to an activating group) is 1. The molecule has 2 aromatic heterocycles. The number of halogens is 1. The molecule has 0 saturated carbocycles. The van der Waals surface area contributed by atoms with Gasteiger partial charge in [-0.25, -0.2) is 9.18 Å². The van der Waals surface area contributed by atoms with Crippen LogP contribution in [0, 0.1) is 5.82 Å². The fraction of sp³-hybridized carbons (Fsp3) is 0.417. The highest BCUT2D eigenvalue weighted by molar-refractivity contribution is 5.90. The van der Waals surface area contributed by atoms with Crippen molar-refractivity contribution in [2.24, 2.45) is 0 Å². The van der Waals surface area contributed by atoms with Crippen LogP contribution in [0.4, 0.5) is 14.9 Å². The normalized spacial score (nSPS) is 15.4. The average molecular weight is 497 g/mol. The van der Waals surface area contributed by atoms with Gasteiger partial charge in [0.05, 0.1) is 25.3 Å². The third-order valence-electron chi connectivity index (χ3n) is 5.98. The summed E-state index contributed by atoms with van der Waals surface area (Å²) < 4.78 is 20.2. The van der Waals surface area contributed by atoms with Crippen molar-refractivity contribution >= 4 is 17.7 Å². The molecule has 12 heteroatoms. The van der Waals surface area contributed by atoms with Gasteiger partial charge in [-0.05, 0) is 42.6 Å². The predicted octanol–water partition coefficient (Wildman–Crippen LogP) is 2.34. The molecule has 1 fully saturated rings. The average Bonchev–Trinajstić information content (AvgIpc) is 3.50. The summed E-state index contributed by atoms with van der Waals surface area (Å²) >= 11 is 0. The van der Waals surface area contributed by atoms with E-state index in [1.54, 1.807) is 35.3 Å². The van der Waals surface area contributed by atoms with Gasteiger partial charge in [0.2, 0.25) is 11.7 Å².